The molecule has 0 spiro atoms. The highest BCUT2D eigenvalue weighted by Crippen LogP contribution is 2.24. The molecule has 2 aromatic rings. The topological polar surface area (TPSA) is 105 Å². The third-order valence-corrected chi connectivity index (χ3v) is 5.33. The van der Waals surface area contributed by atoms with Gasteiger partial charge in [0.25, 0.3) is 0 Å². The van der Waals surface area contributed by atoms with Gasteiger partial charge in [0.15, 0.2) is 5.96 Å². The Morgan fingerprint density at radius 2 is 2.07 bits per heavy atom. The van der Waals surface area contributed by atoms with E-state index in [-0.39, 0.29) is 17.9 Å². The molecular weight excluding hydrogens is 402 g/mol. The van der Waals surface area contributed by atoms with Crippen molar-refractivity contribution in [2.45, 2.75) is 47.2 Å². The molecule has 1 aromatic carbocycles. The van der Waals surface area contributed by atoms with Gasteiger partial charge in [0.2, 0.25) is 5.91 Å². The number of carbonyl (C=O) groups excluding carboxylic acids is 2. The Bertz CT molecular complexity index is 910. The zero-order valence-electron chi connectivity index (χ0n) is 18.0. The van der Waals surface area contributed by atoms with Crippen LogP contribution in [0.15, 0.2) is 29.3 Å². The quantitative estimate of drug-likeness (QED) is 0.336. The molecular formula is C21H29N5O3S. The Labute approximate surface area is 181 Å². The van der Waals surface area contributed by atoms with Crippen LogP contribution in [-0.2, 0) is 16.1 Å². The van der Waals surface area contributed by atoms with Gasteiger partial charge in [-0.1, -0.05) is 12.1 Å². The number of aromatic nitrogens is 1. The van der Waals surface area contributed by atoms with Crippen molar-refractivity contribution >= 4 is 34.9 Å². The number of esters is 1. The standard InChI is InChI=1S/C21H29N5O3S/c1-6-22-21(23-12-16-9-8-10-17(11-16)26-15(5)27)25-14(4)19-24-13(3)18(30-19)20(28)29-7-2/h8-11,14H,6-7,12H2,1-5H3,(H,26,27)(H2,22,23,25). The number of amides is 1. The second kappa shape index (κ2) is 11.3. The van der Waals surface area contributed by atoms with E-state index in [2.05, 4.69) is 25.9 Å². The monoisotopic (exact) mass is 431 g/mol. The third kappa shape index (κ3) is 6.84. The lowest BCUT2D eigenvalue weighted by Gasteiger charge is -2.16. The summed E-state index contributed by atoms with van der Waals surface area (Å²) in [5.41, 5.74) is 2.38. The number of carbonyl (C=O) groups is 2. The van der Waals surface area contributed by atoms with E-state index in [0.717, 1.165) is 16.3 Å². The number of hydrogen-bond acceptors (Lipinski definition) is 6. The summed E-state index contributed by atoms with van der Waals surface area (Å²) in [6.07, 6.45) is 0. The van der Waals surface area contributed by atoms with Gasteiger partial charge in [-0.15, -0.1) is 11.3 Å². The Balaban J connectivity index is 2.10. The SMILES string of the molecule is CCNC(=NCc1cccc(NC(C)=O)c1)NC(C)c1nc(C)c(C(=O)OCC)s1. The predicted molar refractivity (Wildman–Crippen MR) is 120 cm³/mol. The van der Waals surface area contributed by atoms with Gasteiger partial charge in [-0.3, -0.25) is 4.79 Å². The summed E-state index contributed by atoms with van der Waals surface area (Å²) in [6, 6.07) is 7.44. The summed E-state index contributed by atoms with van der Waals surface area (Å²) in [7, 11) is 0. The number of rotatable bonds is 8. The van der Waals surface area contributed by atoms with Gasteiger partial charge in [-0.2, -0.15) is 0 Å². The van der Waals surface area contributed by atoms with E-state index in [1.165, 1.54) is 18.3 Å². The number of ether oxygens (including phenoxy) is 1. The molecule has 1 amide bonds. The molecule has 30 heavy (non-hydrogen) atoms. The van der Waals surface area contributed by atoms with Gasteiger partial charge in [0, 0.05) is 19.2 Å². The fourth-order valence-corrected chi connectivity index (χ4v) is 3.66. The fourth-order valence-electron chi connectivity index (χ4n) is 2.70. The number of aliphatic imine (C=N–C) groups is 1. The minimum atomic E-state index is -0.342. The molecule has 1 atom stereocenters. The molecule has 8 nitrogen and oxygen atoms in total. The summed E-state index contributed by atoms with van der Waals surface area (Å²) in [5, 5.41) is 10.1. The summed E-state index contributed by atoms with van der Waals surface area (Å²) in [5.74, 6) is 0.187. The van der Waals surface area contributed by atoms with Crippen LogP contribution in [-0.4, -0.2) is 36.0 Å². The summed E-state index contributed by atoms with van der Waals surface area (Å²) in [4.78, 5) is 33.0. The molecule has 1 aromatic heterocycles. The van der Waals surface area contributed by atoms with E-state index in [1.54, 1.807) is 13.8 Å². The van der Waals surface area contributed by atoms with E-state index in [0.29, 0.717) is 36.2 Å². The second-order valence-electron chi connectivity index (χ2n) is 6.63. The van der Waals surface area contributed by atoms with Crippen LogP contribution in [0.1, 0.15) is 59.7 Å². The maximum Gasteiger partial charge on any atom is 0.350 e. The van der Waals surface area contributed by atoms with Crippen molar-refractivity contribution in [1.82, 2.24) is 15.6 Å². The van der Waals surface area contributed by atoms with E-state index in [1.807, 2.05) is 38.1 Å². The van der Waals surface area contributed by atoms with Crippen molar-refractivity contribution in [3.05, 3.63) is 45.4 Å². The molecule has 1 heterocycles. The first kappa shape index (κ1) is 23.3. The maximum atomic E-state index is 12.0. The predicted octanol–water partition coefficient (Wildman–Crippen LogP) is 3.40. The van der Waals surface area contributed by atoms with E-state index in [9.17, 15) is 9.59 Å². The first-order chi connectivity index (χ1) is 14.3. The van der Waals surface area contributed by atoms with Crippen LogP contribution in [0.4, 0.5) is 5.69 Å². The van der Waals surface area contributed by atoms with Gasteiger partial charge >= 0.3 is 5.97 Å². The Morgan fingerprint density at radius 1 is 1.30 bits per heavy atom. The highest BCUT2D eigenvalue weighted by molar-refractivity contribution is 7.13. The molecule has 1 unspecified atom stereocenters. The number of hydrogen-bond donors (Lipinski definition) is 3. The van der Waals surface area contributed by atoms with Crippen molar-refractivity contribution in [3.63, 3.8) is 0 Å². The van der Waals surface area contributed by atoms with Crippen LogP contribution in [0.5, 0.6) is 0 Å². The molecule has 0 aliphatic heterocycles. The van der Waals surface area contributed by atoms with Crippen LogP contribution >= 0.6 is 11.3 Å². The number of nitrogens with zero attached hydrogens (tertiary/aromatic N) is 2. The Kier molecular flexibility index (Phi) is 8.79. The molecule has 0 aliphatic carbocycles. The molecule has 2 rings (SSSR count). The summed E-state index contributed by atoms with van der Waals surface area (Å²) < 4.78 is 5.09. The third-order valence-electron chi connectivity index (χ3n) is 4.01. The summed E-state index contributed by atoms with van der Waals surface area (Å²) in [6.45, 7) is 10.5. The van der Waals surface area contributed by atoms with E-state index >= 15 is 0 Å². The van der Waals surface area contributed by atoms with Crippen LogP contribution in [0.3, 0.4) is 0 Å². The van der Waals surface area contributed by atoms with Crippen molar-refractivity contribution < 1.29 is 14.3 Å². The lowest BCUT2D eigenvalue weighted by molar-refractivity contribution is -0.114. The molecule has 3 N–H and O–H groups in total. The minimum absolute atomic E-state index is 0.111. The van der Waals surface area contributed by atoms with Crippen LogP contribution in [0.2, 0.25) is 0 Å². The van der Waals surface area contributed by atoms with E-state index in [4.69, 9.17) is 4.74 Å². The van der Waals surface area contributed by atoms with E-state index < -0.39 is 0 Å². The molecule has 0 radical (unpaired) electrons. The second-order valence-corrected chi connectivity index (χ2v) is 7.66. The number of aryl methyl sites for hydroxylation is 1. The number of benzene rings is 1. The van der Waals surface area contributed by atoms with Crippen molar-refractivity contribution in [2.24, 2.45) is 4.99 Å². The number of guanidine groups is 1. The highest BCUT2D eigenvalue weighted by Gasteiger charge is 2.20. The molecule has 0 aliphatic rings. The van der Waals surface area contributed by atoms with Gasteiger partial charge in [-0.25, -0.2) is 14.8 Å². The molecule has 0 saturated heterocycles. The average molecular weight is 432 g/mol. The van der Waals surface area contributed by atoms with Gasteiger partial charge in [0.05, 0.1) is 24.9 Å². The fraction of sp³-hybridized carbons (Fsp3) is 0.429. The normalized spacial score (nSPS) is 12.2. The minimum Gasteiger partial charge on any atom is -0.462 e. The molecule has 0 fully saturated rings. The van der Waals surface area contributed by atoms with Crippen molar-refractivity contribution in [1.29, 1.82) is 0 Å². The number of thiazole rings is 1. The van der Waals surface area contributed by atoms with Crippen molar-refractivity contribution in [3.8, 4) is 0 Å². The number of anilines is 1. The zero-order chi connectivity index (χ0) is 22.1. The largest absolute Gasteiger partial charge is 0.462 e. The maximum absolute atomic E-state index is 12.0. The molecule has 0 saturated carbocycles. The van der Waals surface area contributed by atoms with Gasteiger partial charge in [-0.05, 0) is 45.4 Å². The first-order valence-electron chi connectivity index (χ1n) is 9.89. The zero-order valence-corrected chi connectivity index (χ0v) is 18.9. The lowest BCUT2D eigenvalue weighted by atomic mass is 10.2. The first-order valence-corrected chi connectivity index (χ1v) is 10.7. The number of nitrogens with one attached hydrogen (secondary N) is 3. The van der Waals surface area contributed by atoms with Crippen molar-refractivity contribution in [2.75, 3.05) is 18.5 Å². The molecule has 0 bridgehead atoms. The summed E-state index contributed by atoms with van der Waals surface area (Å²) >= 11 is 1.33. The highest BCUT2D eigenvalue weighted by atomic mass is 32.1. The Hall–Kier alpha value is -2.94. The smallest absolute Gasteiger partial charge is 0.350 e. The van der Waals surface area contributed by atoms with Crippen LogP contribution < -0.4 is 16.0 Å². The molecule has 9 heteroatoms. The van der Waals surface area contributed by atoms with Crippen LogP contribution in [0.25, 0.3) is 0 Å². The van der Waals surface area contributed by atoms with Gasteiger partial charge in [0.1, 0.15) is 9.88 Å². The molecule has 162 valence electrons. The lowest BCUT2D eigenvalue weighted by Crippen LogP contribution is -2.38. The average Bonchev–Trinajstić information content (AvgIpc) is 3.08. The van der Waals surface area contributed by atoms with Crippen LogP contribution in [0, 0.1) is 6.92 Å². The van der Waals surface area contributed by atoms with Gasteiger partial charge < -0.3 is 20.7 Å². The Morgan fingerprint density at radius 3 is 2.73 bits per heavy atom.